The smallest absolute Gasteiger partial charge is 0.318 e. The fraction of sp³-hybridized carbons (Fsp3) is 0.111. The summed E-state index contributed by atoms with van der Waals surface area (Å²) in [6.45, 7) is 0. The summed E-state index contributed by atoms with van der Waals surface area (Å²) in [6.07, 6.45) is 0.154. The van der Waals surface area contributed by atoms with Gasteiger partial charge in [0.15, 0.2) is 0 Å². The van der Waals surface area contributed by atoms with E-state index < -0.39 is 0 Å². The lowest BCUT2D eigenvalue weighted by Crippen LogP contribution is -2.01. The van der Waals surface area contributed by atoms with Crippen LogP contribution in [0, 0.1) is 0 Å². The molecule has 1 heterocycles. The minimum absolute atomic E-state index is 0.154. The van der Waals surface area contributed by atoms with Crippen LogP contribution in [0.25, 0.3) is 0 Å². The summed E-state index contributed by atoms with van der Waals surface area (Å²) < 4.78 is 0. The van der Waals surface area contributed by atoms with Crippen molar-refractivity contribution in [3.8, 4) is 0 Å². The summed E-state index contributed by atoms with van der Waals surface area (Å²) in [6, 6.07) is 5.00. The predicted octanol–water partition coefficient (Wildman–Crippen LogP) is 2.64. The Bertz CT molecular complexity index is 429. The van der Waals surface area contributed by atoms with E-state index in [9.17, 15) is 4.79 Å². The lowest BCUT2D eigenvalue weighted by Gasteiger charge is -2.00. The third-order valence-corrected chi connectivity index (χ3v) is 2.36. The second kappa shape index (κ2) is 3.59. The Morgan fingerprint density at radius 2 is 2.14 bits per heavy atom. The van der Waals surface area contributed by atoms with Gasteiger partial charge in [-0.3, -0.25) is 0 Å². The van der Waals surface area contributed by atoms with Gasteiger partial charge in [-0.15, -0.1) is 0 Å². The molecule has 0 amide bonds. The van der Waals surface area contributed by atoms with Gasteiger partial charge >= 0.3 is 5.97 Å². The van der Waals surface area contributed by atoms with E-state index in [0.29, 0.717) is 21.3 Å². The number of nitrogens with zero attached hydrogens (tertiary/aromatic N) is 1. The van der Waals surface area contributed by atoms with E-state index in [4.69, 9.17) is 23.2 Å². The number of halogens is 2. The zero-order valence-corrected chi connectivity index (χ0v) is 8.47. The highest BCUT2D eigenvalue weighted by atomic mass is 35.5. The lowest BCUT2D eigenvalue weighted by atomic mass is 10.1. The van der Waals surface area contributed by atoms with Crippen LogP contribution >= 0.6 is 23.2 Å². The standard InChI is InChI=1S/C9H5Cl2NO2/c10-5-1-2-6(7(11)3-5)8-4-9(13)14-12-8/h1-3H,4H2. The van der Waals surface area contributed by atoms with E-state index in [1.54, 1.807) is 18.2 Å². The number of carbonyl (C=O) groups excluding carboxylic acids is 1. The Balaban J connectivity index is 2.38. The highest BCUT2D eigenvalue weighted by Crippen LogP contribution is 2.24. The molecule has 1 aliphatic rings. The molecule has 0 radical (unpaired) electrons. The summed E-state index contributed by atoms with van der Waals surface area (Å²) in [5, 5.41) is 4.63. The van der Waals surface area contributed by atoms with Crippen molar-refractivity contribution < 1.29 is 9.63 Å². The van der Waals surface area contributed by atoms with Crippen molar-refractivity contribution in [2.75, 3.05) is 0 Å². The SMILES string of the molecule is O=C1CC(c2ccc(Cl)cc2Cl)=NO1. The molecule has 0 spiro atoms. The first-order valence-electron chi connectivity index (χ1n) is 3.89. The van der Waals surface area contributed by atoms with Crippen molar-refractivity contribution >= 4 is 34.9 Å². The van der Waals surface area contributed by atoms with Gasteiger partial charge in [-0.2, -0.15) is 0 Å². The number of benzene rings is 1. The summed E-state index contributed by atoms with van der Waals surface area (Å²) in [5.41, 5.74) is 1.22. The molecule has 3 nitrogen and oxygen atoms in total. The first-order valence-corrected chi connectivity index (χ1v) is 4.64. The molecule has 2 rings (SSSR count). The van der Waals surface area contributed by atoms with E-state index in [1.807, 2.05) is 0 Å². The van der Waals surface area contributed by atoms with E-state index in [2.05, 4.69) is 9.99 Å². The molecule has 0 aromatic heterocycles. The van der Waals surface area contributed by atoms with Crippen molar-refractivity contribution in [1.29, 1.82) is 0 Å². The third-order valence-electron chi connectivity index (χ3n) is 1.81. The Morgan fingerprint density at radius 1 is 1.36 bits per heavy atom. The molecule has 1 aliphatic heterocycles. The molecule has 72 valence electrons. The summed E-state index contributed by atoms with van der Waals surface area (Å²) >= 11 is 11.7. The second-order valence-electron chi connectivity index (χ2n) is 2.80. The Kier molecular flexibility index (Phi) is 2.44. The highest BCUT2D eigenvalue weighted by molar-refractivity contribution is 6.37. The molecule has 5 heteroatoms. The Labute approximate surface area is 90.3 Å². The molecule has 0 saturated heterocycles. The van der Waals surface area contributed by atoms with Crippen molar-refractivity contribution in [2.45, 2.75) is 6.42 Å². The van der Waals surface area contributed by atoms with Gasteiger partial charge in [0.05, 0.1) is 11.4 Å². The molecule has 14 heavy (non-hydrogen) atoms. The normalized spacial score (nSPS) is 15.3. The second-order valence-corrected chi connectivity index (χ2v) is 3.65. The molecule has 0 atom stereocenters. The fourth-order valence-corrected chi connectivity index (χ4v) is 1.69. The number of rotatable bonds is 1. The van der Waals surface area contributed by atoms with Crippen LogP contribution in [0.5, 0.6) is 0 Å². The Morgan fingerprint density at radius 3 is 2.71 bits per heavy atom. The zero-order chi connectivity index (χ0) is 10.1. The van der Waals surface area contributed by atoms with Crippen LogP contribution in [0.1, 0.15) is 12.0 Å². The molecule has 1 aromatic rings. The average molecular weight is 230 g/mol. The molecule has 0 N–H and O–H groups in total. The van der Waals surface area contributed by atoms with Gasteiger partial charge in [0.2, 0.25) is 0 Å². The van der Waals surface area contributed by atoms with Gasteiger partial charge in [-0.05, 0) is 12.1 Å². The van der Waals surface area contributed by atoms with Crippen LogP contribution in [-0.4, -0.2) is 11.7 Å². The van der Waals surface area contributed by atoms with Crippen LogP contribution < -0.4 is 0 Å². The van der Waals surface area contributed by atoms with Crippen LogP contribution in [-0.2, 0) is 9.63 Å². The van der Waals surface area contributed by atoms with Crippen molar-refractivity contribution in [1.82, 2.24) is 0 Å². The predicted molar refractivity (Wildman–Crippen MR) is 53.7 cm³/mol. The van der Waals surface area contributed by atoms with Crippen molar-refractivity contribution in [2.24, 2.45) is 5.16 Å². The van der Waals surface area contributed by atoms with Crippen LogP contribution in [0.15, 0.2) is 23.4 Å². The summed E-state index contributed by atoms with van der Waals surface area (Å²) in [4.78, 5) is 15.3. The maximum absolute atomic E-state index is 10.8. The van der Waals surface area contributed by atoms with Crippen LogP contribution in [0.3, 0.4) is 0 Å². The maximum atomic E-state index is 10.8. The van der Waals surface area contributed by atoms with E-state index in [1.165, 1.54) is 0 Å². The number of hydrogen-bond acceptors (Lipinski definition) is 3. The Hall–Kier alpha value is -1.06. The van der Waals surface area contributed by atoms with Crippen LogP contribution in [0.4, 0.5) is 0 Å². The molecule has 0 aliphatic carbocycles. The molecule has 0 saturated carbocycles. The first-order chi connectivity index (χ1) is 6.66. The fourth-order valence-electron chi connectivity index (χ4n) is 1.18. The first kappa shape index (κ1) is 9.49. The largest absolute Gasteiger partial charge is 0.341 e. The minimum Gasteiger partial charge on any atom is -0.318 e. The van der Waals surface area contributed by atoms with Gasteiger partial charge in [0.25, 0.3) is 0 Å². The molecular weight excluding hydrogens is 225 g/mol. The van der Waals surface area contributed by atoms with E-state index in [-0.39, 0.29) is 12.4 Å². The molecular formula is C9H5Cl2NO2. The van der Waals surface area contributed by atoms with Gasteiger partial charge in [0, 0.05) is 10.6 Å². The van der Waals surface area contributed by atoms with Crippen molar-refractivity contribution in [3.63, 3.8) is 0 Å². The quantitative estimate of drug-likeness (QED) is 0.695. The molecule has 1 aromatic carbocycles. The average Bonchev–Trinajstić information content (AvgIpc) is 2.51. The molecule has 0 fully saturated rings. The van der Waals surface area contributed by atoms with Crippen molar-refractivity contribution in [3.05, 3.63) is 33.8 Å². The summed E-state index contributed by atoms with van der Waals surface area (Å²) in [7, 11) is 0. The lowest BCUT2D eigenvalue weighted by molar-refractivity contribution is -0.140. The highest BCUT2D eigenvalue weighted by Gasteiger charge is 2.20. The summed E-state index contributed by atoms with van der Waals surface area (Å²) in [5.74, 6) is -0.369. The van der Waals surface area contributed by atoms with E-state index in [0.717, 1.165) is 0 Å². The van der Waals surface area contributed by atoms with Crippen LogP contribution in [0.2, 0.25) is 10.0 Å². The van der Waals surface area contributed by atoms with Gasteiger partial charge in [-0.25, -0.2) is 4.79 Å². The number of oxime groups is 1. The number of hydrogen-bond donors (Lipinski definition) is 0. The third kappa shape index (κ3) is 1.74. The van der Waals surface area contributed by atoms with Gasteiger partial charge in [0.1, 0.15) is 5.71 Å². The molecule has 0 unspecified atom stereocenters. The topological polar surface area (TPSA) is 38.7 Å². The van der Waals surface area contributed by atoms with E-state index >= 15 is 0 Å². The molecule has 0 bridgehead atoms. The minimum atomic E-state index is -0.369. The zero-order valence-electron chi connectivity index (χ0n) is 6.96. The van der Waals surface area contributed by atoms with Gasteiger partial charge < -0.3 is 4.84 Å². The maximum Gasteiger partial charge on any atom is 0.341 e. The number of carbonyl (C=O) groups is 1. The van der Waals surface area contributed by atoms with Gasteiger partial charge in [-0.1, -0.05) is 34.4 Å². The monoisotopic (exact) mass is 229 g/mol.